The van der Waals surface area contributed by atoms with E-state index in [0.29, 0.717) is 17.5 Å². The Hall–Kier alpha value is -3.08. The predicted molar refractivity (Wildman–Crippen MR) is 90.0 cm³/mol. The van der Waals surface area contributed by atoms with E-state index in [1.165, 1.54) is 24.4 Å². The molecule has 0 fully saturated rings. The first-order chi connectivity index (χ1) is 12.1. The minimum atomic E-state index is -0.511. The highest BCUT2D eigenvalue weighted by Crippen LogP contribution is 2.36. The van der Waals surface area contributed by atoms with Gasteiger partial charge in [-0.05, 0) is 52.1 Å². The number of rotatable bonds is 3. The highest BCUT2D eigenvalue weighted by Gasteiger charge is 2.21. The molecule has 1 aliphatic carbocycles. The molecule has 1 aromatic heterocycles. The van der Waals surface area contributed by atoms with Gasteiger partial charge in [-0.15, -0.1) is 0 Å². The Bertz CT molecular complexity index is 985. The molecule has 2 aromatic carbocycles. The fourth-order valence-electron chi connectivity index (χ4n) is 3.13. The summed E-state index contributed by atoms with van der Waals surface area (Å²) in [7, 11) is 0. The lowest BCUT2D eigenvalue weighted by Gasteiger charge is -2.07. The average Bonchev–Trinajstić information content (AvgIpc) is 2.96. The summed E-state index contributed by atoms with van der Waals surface area (Å²) in [5.74, 6) is -1.07. The van der Waals surface area contributed by atoms with E-state index in [9.17, 15) is 13.6 Å². The smallest absolute Gasteiger partial charge is 0.251 e. The number of nitrogens with zero attached hydrogens (tertiary/aromatic N) is 1. The van der Waals surface area contributed by atoms with Gasteiger partial charge in [-0.1, -0.05) is 18.2 Å². The van der Waals surface area contributed by atoms with Crippen molar-refractivity contribution in [3.05, 3.63) is 88.7 Å². The third-order valence-corrected chi connectivity index (χ3v) is 4.33. The number of pyridine rings is 1. The van der Waals surface area contributed by atoms with Crippen molar-refractivity contribution < 1.29 is 13.6 Å². The Balaban J connectivity index is 1.52. The number of carbonyl (C=O) groups excluding carboxylic acids is 1. The zero-order valence-corrected chi connectivity index (χ0v) is 13.2. The Morgan fingerprint density at radius 1 is 1.04 bits per heavy atom. The maximum atomic E-state index is 13.4. The lowest BCUT2D eigenvalue weighted by Crippen LogP contribution is -2.22. The van der Waals surface area contributed by atoms with E-state index in [0.717, 1.165) is 22.3 Å². The fourth-order valence-corrected chi connectivity index (χ4v) is 3.13. The maximum absolute atomic E-state index is 13.4. The monoisotopic (exact) mass is 336 g/mol. The first-order valence-corrected chi connectivity index (χ1v) is 7.90. The van der Waals surface area contributed by atoms with Crippen LogP contribution < -0.4 is 5.32 Å². The van der Waals surface area contributed by atoms with Crippen molar-refractivity contribution in [3.63, 3.8) is 0 Å². The first kappa shape index (κ1) is 15.4. The summed E-state index contributed by atoms with van der Waals surface area (Å²) < 4.78 is 26.5. The molecule has 0 atom stereocenters. The largest absolute Gasteiger partial charge is 0.348 e. The molecule has 4 rings (SSSR count). The summed E-state index contributed by atoms with van der Waals surface area (Å²) >= 11 is 0. The molecule has 0 saturated heterocycles. The van der Waals surface area contributed by atoms with Gasteiger partial charge in [-0.3, -0.25) is 4.79 Å². The van der Waals surface area contributed by atoms with Crippen molar-refractivity contribution in [2.45, 2.75) is 13.0 Å². The number of amides is 1. The highest BCUT2D eigenvalue weighted by molar-refractivity contribution is 5.95. The van der Waals surface area contributed by atoms with E-state index < -0.39 is 5.95 Å². The molecule has 1 heterocycles. The van der Waals surface area contributed by atoms with E-state index in [1.54, 1.807) is 18.2 Å². The number of benzene rings is 2. The summed E-state index contributed by atoms with van der Waals surface area (Å²) in [5, 5.41) is 2.79. The summed E-state index contributed by atoms with van der Waals surface area (Å²) in [6.45, 7) is 0.253. The molecule has 3 aromatic rings. The van der Waals surface area contributed by atoms with Crippen LogP contribution in [0.25, 0.3) is 11.1 Å². The second kappa shape index (κ2) is 6.09. The average molecular weight is 336 g/mol. The summed E-state index contributed by atoms with van der Waals surface area (Å²) in [6.07, 6.45) is 2.16. The molecular formula is C20H14F2N2O. The number of carbonyl (C=O) groups is 1. The van der Waals surface area contributed by atoms with Crippen molar-refractivity contribution in [3.8, 4) is 11.1 Å². The van der Waals surface area contributed by atoms with E-state index in [2.05, 4.69) is 10.3 Å². The molecule has 0 radical (unpaired) electrons. The normalized spacial score (nSPS) is 11.8. The first-order valence-electron chi connectivity index (χ1n) is 7.90. The van der Waals surface area contributed by atoms with Gasteiger partial charge >= 0.3 is 0 Å². The van der Waals surface area contributed by atoms with Crippen molar-refractivity contribution in [1.82, 2.24) is 10.3 Å². The maximum Gasteiger partial charge on any atom is 0.251 e. The Labute approximate surface area is 143 Å². The van der Waals surface area contributed by atoms with Crippen LogP contribution in [0.1, 0.15) is 27.0 Å². The summed E-state index contributed by atoms with van der Waals surface area (Å²) in [6, 6.07) is 12.9. The Morgan fingerprint density at radius 3 is 2.76 bits per heavy atom. The van der Waals surface area contributed by atoms with Gasteiger partial charge in [-0.2, -0.15) is 4.39 Å². The number of aromatic nitrogens is 1. The topological polar surface area (TPSA) is 42.0 Å². The van der Waals surface area contributed by atoms with Gasteiger partial charge in [-0.25, -0.2) is 9.37 Å². The predicted octanol–water partition coefficient (Wildman–Crippen LogP) is 3.86. The minimum absolute atomic E-state index is 0.229. The molecule has 5 heteroatoms. The van der Waals surface area contributed by atoms with Gasteiger partial charge in [0.2, 0.25) is 5.95 Å². The Morgan fingerprint density at radius 2 is 1.92 bits per heavy atom. The molecule has 25 heavy (non-hydrogen) atoms. The summed E-state index contributed by atoms with van der Waals surface area (Å²) in [4.78, 5) is 16.0. The SMILES string of the molecule is O=C(NCc1cccc(F)c1)c1ccc2c(c1)Cc1cnc(F)cc1-2. The number of hydrogen-bond donors (Lipinski definition) is 1. The van der Waals surface area contributed by atoms with Crippen molar-refractivity contribution in [2.75, 3.05) is 0 Å². The third kappa shape index (κ3) is 3.01. The lowest BCUT2D eigenvalue weighted by molar-refractivity contribution is 0.0951. The second-order valence-corrected chi connectivity index (χ2v) is 6.03. The lowest BCUT2D eigenvalue weighted by atomic mass is 10.0. The van der Waals surface area contributed by atoms with Crippen molar-refractivity contribution in [2.24, 2.45) is 0 Å². The molecule has 124 valence electrons. The zero-order chi connectivity index (χ0) is 17.4. The van der Waals surface area contributed by atoms with Crippen molar-refractivity contribution >= 4 is 5.91 Å². The van der Waals surface area contributed by atoms with Gasteiger partial charge in [0.1, 0.15) is 5.82 Å². The van der Waals surface area contributed by atoms with Crippen LogP contribution in [-0.4, -0.2) is 10.9 Å². The number of hydrogen-bond acceptors (Lipinski definition) is 2. The van der Waals surface area contributed by atoms with Crippen LogP contribution in [0.3, 0.4) is 0 Å². The fraction of sp³-hybridized carbons (Fsp3) is 0.100. The quantitative estimate of drug-likeness (QED) is 0.577. The van der Waals surface area contributed by atoms with Crippen LogP contribution in [0.4, 0.5) is 8.78 Å². The van der Waals surface area contributed by atoms with Crippen LogP contribution >= 0.6 is 0 Å². The molecular weight excluding hydrogens is 322 g/mol. The van der Waals surface area contributed by atoms with E-state index in [4.69, 9.17) is 0 Å². The van der Waals surface area contributed by atoms with Gasteiger partial charge in [0.15, 0.2) is 0 Å². The summed E-state index contributed by atoms with van der Waals surface area (Å²) in [5.41, 5.74) is 4.90. The molecule has 0 spiro atoms. The van der Waals surface area contributed by atoms with Crippen LogP contribution in [0.2, 0.25) is 0 Å². The second-order valence-electron chi connectivity index (χ2n) is 6.03. The van der Waals surface area contributed by atoms with Gasteiger partial charge in [0, 0.05) is 30.8 Å². The van der Waals surface area contributed by atoms with Crippen LogP contribution in [-0.2, 0) is 13.0 Å². The minimum Gasteiger partial charge on any atom is -0.348 e. The number of fused-ring (bicyclic) bond motifs is 3. The van der Waals surface area contributed by atoms with Crippen molar-refractivity contribution in [1.29, 1.82) is 0 Å². The van der Waals surface area contributed by atoms with E-state index in [1.807, 2.05) is 12.1 Å². The molecule has 0 unspecified atom stereocenters. The van der Waals surface area contributed by atoms with Crippen LogP contribution in [0, 0.1) is 11.8 Å². The zero-order valence-electron chi connectivity index (χ0n) is 13.2. The standard InChI is InChI=1S/C20H14F2N2O/c21-16-3-1-2-12(6-16)10-24-20(25)13-4-5-17-14(7-13)8-15-11-23-19(22)9-18(15)17/h1-7,9,11H,8,10H2,(H,24,25). The molecule has 1 aliphatic rings. The molecule has 1 amide bonds. The van der Waals surface area contributed by atoms with Crippen LogP contribution in [0.5, 0.6) is 0 Å². The molecule has 3 nitrogen and oxygen atoms in total. The van der Waals surface area contributed by atoms with E-state index >= 15 is 0 Å². The molecule has 0 bridgehead atoms. The number of nitrogens with one attached hydrogen (secondary N) is 1. The molecule has 0 aliphatic heterocycles. The molecule has 0 saturated carbocycles. The van der Waals surface area contributed by atoms with Gasteiger partial charge < -0.3 is 5.32 Å². The highest BCUT2D eigenvalue weighted by atomic mass is 19.1. The van der Waals surface area contributed by atoms with Crippen LogP contribution in [0.15, 0.2) is 54.7 Å². The third-order valence-electron chi connectivity index (χ3n) is 4.33. The van der Waals surface area contributed by atoms with Gasteiger partial charge in [0.25, 0.3) is 5.91 Å². The molecule has 1 N–H and O–H groups in total. The Kier molecular flexibility index (Phi) is 3.76. The van der Waals surface area contributed by atoms with E-state index in [-0.39, 0.29) is 18.3 Å². The van der Waals surface area contributed by atoms with Gasteiger partial charge in [0.05, 0.1) is 0 Å². The number of halogens is 2.